The van der Waals surface area contributed by atoms with Gasteiger partial charge in [-0.25, -0.2) is 4.98 Å². The number of aromatic nitrogens is 2. The lowest BCUT2D eigenvalue weighted by Gasteiger charge is -2.02. The molecule has 0 N–H and O–H groups in total. The van der Waals surface area contributed by atoms with Gasteiger partial charge in [0.25, 0.3) is 0 Å². The van der Waals surface area contributed by atoms with Gasteiger partial charge in [0.15, 0.2) is 0 Å². The Morgan fingerprint density at radius 3 is 2.83 bits per heavy atom. The lowest BCUT2D eigenvalue weighted by atomic mass is 10.2. The smallest absolute Gasteiger partial charge is 0.0952 e. The van der Waals surface area contributed by atoms with Crippen LogP contribution in [0.2, 0.25) is 0 Å². The summed E-state index contributed by atoms with van der Waals surface area (Å²) in [6.07, 6.45) is 5.19. The minimum Gasteiger partial charge on any atom is -0.334 e. The second-order valence-electron chi connectivity index (χ2n) is 4.15. The third-order valence-corrected chi connectivity index (χ3v) is 2.89. The second kappa shape index (κ2) is 2.49. The number of rotatable bonds is 2. The highest BCUT2D eigenvalue weighted by molar-refractivity contribution is 6.16. The molecule has 1 aliphatic carbocycles. The predicted octanol–water partition coefficient (Wildman–Crippen LogP) is 2.59. The van der Waals surface area contributed by atoms with Gasteiger partial charge in [-0.05, 0) is 11.8 Å². The molecule has 0 aromatic carbocycles. The third kappa shape index (κ3) is 1.24. The molecule has 2 rings (SSSR count). The van der Waals surface area contributed by atoms with E-state index in [4.69, 9.17) is 11.6 Å². The quantitative estimate of drug-likeness (QED) is 0.647. The first-order chi connectivity index (χ1) is 5.63. The molecule has 2 nitrogen and oxygen atoms in total. The van der Waals surface area contributed by atoms with Crippen LogP contribution in [0.15, 0.2) is 12.5 Å². The van der Waals surface area contributed by atoms with Crippen LogP contribution in [-0.2, 0) is 5.88 Å². The van der Waals surface area contributed by atoms with Crippen molar-refractivity contribution in [3.8, 4) is 0 Å². The van der Waals surface area contributed by atoms with E-state index in [0.717, 1.165) is 5.69 Å². The Balaban J connectivity index is 2.15. The average Bonchev–Trinajstić information content (AvgIpc) is 2.52. The zero-order chi connectivity index (χ0) is 8.77. The lowest BCUT2D eigenvalue weighted by molar-refractivity contribution is 0.540. The minimum atomic E-state index is 0.463. The summed E-state index contributed by atoms with van der Waals surface area (Å²) in [5, 5.41) is 0. The van der Waals surface area contributed by atoms with Gasteiger partial charge in [0.05, 0.1) is 17.9 Å². The summed E-state index contributed by atoms with van der Waals surface area (Å²) in [5.74, 6) is 0.514. The normalized spacial score (nSPS) is 25.8. The van der Waals surface area contributed by atoms with Crippen LogP contribution in [0.25, 0.3) is 0 Å². The molecule has 0 radical (unpaired) electrons. The molecule has 0 spiro atoms. The summed E-state index contributed by atoms with van der Waals surface area (Å²) >= 11 is 5.66. The number of imidazole rings is 1. The molecular formula is C9H13ClN2. The van der Waals surface area contributed by atoms with E-state index in [-0.39, 0.29) is 0 Å². The average molecular weight is 185 g/mol. The topological polar surface area (TPSA) is 17.8 Å². The summed E-state index contributed by atoms with van der Waals surface area (Å²) in [6.45, 7) is 4.55. The molecule has 1 fully saturated rings. The van der Waals surface area contributed by atoms with Crippen LogP contribution in [0.3, 0.4) is 0 Å². The van der Waals surface area contributed by atoms with E-state index in [0.29, 0.717) is 17.3 Å². The van der Waals surface area contributed by atoms with Crippen LogP contribution < -0.4 is 0 Å². The molecule has 1 aromatic heterocycles. The number of nitrogens with zero attached hydrogens (tertiary/aromatic N) is 2. The van der Waals surface area contributed by atoms with E-state index >= 15 is 0 Å². The Kier molecular flexibility index (Phi) is 1.69. The van der Waals surface area contributed by atoms with Crippen molar-refractivity contribution < 1.29 is 0 Å². The standard InChI is InChI=1S/C9H13ClN2/c1-9(2)3-8(9)12-5-7(4-10)11-6-12/h5-6,8H,3-4H2,1-2H3. The van der Waals surface area contributed by atoms with Crippen molar-refractivity contribution in [1.82, 2.24) is 9.55 Å². The third-order valence-electron chi connectivity index (χ3n) is 2.61. The number of halogens is 1. The molecule has 1 atom stereocenters. The van der Waals surface area contributed by atoms with Gasteiger partial charge < -0.3 is 4.57 Å². The first-order valence-electron chi connectivity index (χ1n) is 4.22. The molecule has 0 saturated heterocycles. The van der Waals surface area contributed by atoms with Crippen molar-refractivity contribution in [3.05, 3.63) is 18.2 Å². The molecule has 1 saturated carbocycles. The molecular weight excluding hydrogens is 172 g/mol. The van der Waals surface area contributed by atoms with Crippen molar-refractivity contribution in [1.29, 1.82) is 0 Å². The fourth-order valence-electron chi connectivity index (χ4n) is 1.57. The van der Waals surface area contributed by atoms with Gasteiger partial charge >= 0.3 is 0 Å². The van der Waals surface area contributed by atoms with Gasteiger partial charge in [-0.15, -0.1) is 11.6 Å². The second-order valence-corrected chi connectivity index (χ2v) is 4.42. The summed E-state index contributed by atoms with van der Waals surface area (Å²) in [5.41, 5.74) is 1.43. The van der Waals surface area contributed by atoms with Crippen molar-refractivity contribution in [2.45, 2.75) is 32.2 Å². The molecule has 1 aromatic rings. The molecule has 12 heavy (non-hydrogen) atoms. The Hall–Kier alpha value is -0.500. The van der Waals surface area contributed by atoms with Gasteiger partial charge in [0, 0.05) is 12.2 Å². The van der Waals surface area contributed by atoms with Gasteiger partial charge in [-0.1, -0.05) is 13.8 Å². The highest BCUT2D eigenvalue weighted by atomic mass is 35.5. The zero-order valence-electron chi connectivity index (χ0n) is 7.42. The number of hydrogen-bond acceptors (Lipinski definition) is 1. The number of alkyl halides is 1. The Morgan fingerprint density at radius 1 is 1.75 bits per heavy atom. The molecule has 0 amide bonds. The van der Waals surface area contributed by atoms with Crippen LogP contribution in [0, 0.1) is 5.41 Å². The molecule has 66 valence electrons. The van der Waals surface area contributed by atoms with Crippen molar-refractivity contribution in [2.24, 2.45) is 5.41 Å². The van der Waals surface area contributed by atoms with Crippen LogP contribution in [0.5, 0.6) is 0 Å². The summed E-state index contributed by atoms with van der Waals surface area (Å²) in [7, 11) is 0. The van der Waals surface area contributed by atoms with Crippen LogP contribution in [0.1, 0.15) is 32.0 Å². The highest BCUT2D eigenvalue weighted by Crippen LogP contribution is 2.55. The number of hydrogen-bond donors (Lipinski definition) is 0. The Labute approximate surface area is 77.6 Å². The molecule has 1 unspecified atom stereocenters. The van der Waals surface area contributed by atoms with Crippen molar-refractivity contribution in [2.75, 3.05) is 0 Å². The van der Waals surface area contributed by atoms with Crippen LogP contribution in [-0.4, -0.2) is 9.55 Å². The predicted molar refractivity (Wildman–Crippen MR) is 49.2 cm³/mol. The van der Waals surface area contributed by atoms with E-state index in [2.05, 4.69) is 23.4 Å². The highest BCUT2D eigenvalue weighted by Gasteiger charge is 2.46. The minimum absolute atomic E-state index is 0.463. The van der Waals surface area contributed by atoms with Gasteiger partial charge in [-0.2, -0.15) is 0 Å². The summed E-state index contributed by atoms with van der Waals surface area (Å²) < 4.78 is 2.18. The fraction of sp³-hybridized carbons (Fsp3) is 0.667. The van der Waals surface area contributed by atoms with Crippen LogP contribution in [0.4, 0.5) is 0 Å². The SMILES string of the molecule is CC1(C)CC1n1cnc(CCl)c1. The molecule has 3 heteroatoms. The van der Waals surface area contributed by atoms with Crippen molar-refractivity contribution >= 4 is 11.6 Å². The van der Waals surface area contributed by atoms with Gasteiger partial charge in [0.1, 0.15) is 0 Å². The van der Waals surface area contributed by atoms with Crippen LogP contribution >= 0.6 is 11.6 Å². The largest absolute Gasteiger partial charge is 0.334 e. The van der Waals surface area contributed by atoms with E-state index in [9.17, 15) is 0 Å². The van der Waals surface area contributed by atoms with E-state index in [1.165, 1.54) is 6.42 Å². The Morgan fingerprint density at radius 2 is 2.42 bits per heavy atom. The molecule has 0 aliphatic heterocycles. The van der Waals surface area contributed by atoms with E-state index in [1.807, 2.05) is 12.5 Å². The van der Waals surface area contributed by atoms with Gasteiger partial charge in [-0.3, -0.25) is 0 Å². The summed E-state index contributed by atoms with van der Waals surface area (Å²) in [6, 6.07) is 0.641. The first kappa shape index (κ1) is 8.11. The first-order valence-corrected chi connectivity index (χ1v) is 4.75. The maximum Gasteiger partial charge on any atom is 0.0952 e. The van der Waals surface area contributed by atoms with Gasteiger partial charge in [0.2, 0.25) is 0 Å². The maximum atomic E-state index is 5.66. The summed E-state index contributed by atoms with van der Waals surface area (Å²) in [4.78, 5) is 4.19. The van der Waals surface area contributed by atoms with E-state index in [1.54, 1.807) is 0 Å². The molecule has 1 heterocycles. The molecule has 1 aliphatic rings. The monoisotopic (exact) mass is 184 g/mol. The zero-order valence-corrected chi connectivity index (χ0v) is 8.17. The fourth-order valence-corrected chi connectivity index (χ4v) is 1.71. The lowest BCUT2D eigenvalue weighted by Crippen LogP contribution is -1.96. The Bertz CT molecular complexity index is 290. The van der Waals surface area contributed by atoms with E-state index < -0.39 is 0 Å². The maximum absolute atomic E-state index is 5.66. The molecule has 0 bridgehead atoms. The van der Waals surface area contributed by atoms with Crippen molar-refractivity contribution in [3.63, 3.8) is 0 Å².